The zero-order chi connectivity index (χ0) is 12.2. The summed E-state index contributed by atoms with van der Waals surface area (Å²) in [6, 6.07) is 0. The maximum atomic E-state index is 13.1. The molecule has 2 unspecified atom stereocenters. The van der Waals surface area contributed by atoms with E-state index in [0.29, 0.717) is 0 Å². The minimum absolute atomic E-state index is 0.208. The highest BCUT2D eigenvalue weighted by atomic mass is 19.1. The number of hydrogen-bond donors (Lipinski definition) is 0. The van der Waals surface area contributed by atoms with Crippen molar-refractivity contribution in [3.8, 4) is 0 Å². The van der Waals surface area contributed by atoms with Gasteiger partial charge in [-0.3, -0.25) is 0 Å². The van der Waals surface area contributed by atoms with E-state index in [-0.39, 0.29) is 5.92 Å². The van der Waals surface area contributed by atoms with E-state index in [2.05, 4.69) is 0 Å². The molecule has 0 amide bonds. The Morgan fingerprint density at radius 1 is 1.00 bits per heavy atom. The number of carbonyl (C=O) groups is 1. The van der Waals surface area contributed by atoms with E-state index in [9.17, 15) is 9.18 Å². The highest BCUT2D eigenvalue weighted by Crippen LogP contribution is 2.14. The van der Waals surface area contributed by atoms with Gasteiger partial charge in [-0.25, -0.2) is 4.39 Å². The molecule has 96 valence electrons. The molecule has 0 spiro atoms. The van der Waals surface area contributed by atoms with Crippen molar-refractivity contribution in [2.75, 3.05) is 0 Å². The summed E-state index contributed by atoms with van der Waals surface area (Å²) in [5.74, 6) is 0.208. The summed E-state index contributed by atoms with van der Waals surface area (Å²) in [4.78, 5) is 10.4. The summed E-state index contributed by atoms with van der Waals surface area (Å²) in [6.07, 6.45) is 9.51. The molecule has 2 heteroatoms. The van der Waals surface area contributed by atoms with Crippen LogP contribution in [0.1, 0.15) is 71.6 Å². The molecule has 1 nitrogen and oxygen atoms in total. The van der Waals surface area contributed by atoms with E-state index in [0.717, 1.165) is 51.2 Å². The third kappa shape index (κ3) is 10.1. The van der Waals surface area contributed by atoms with Crippen molar-refractivity contribution in [2.45, 2.75) is 77.8 Å². The standard InChI is InChI=1S/C14H27FO/c1-3-9-14(15)11-8-6-4-5-7-10-13(2)12-16/h12-14H,3-11H2,1-2H3. The van der Waals surface area contributed by atoms with Crippen LogP contribution in [0.4, 0.5) is 4.39 Å². The Labute approximate surface area is 99.8 Å². The molecule has 0 aliphatic rings. The molecular weight excluding hydrogens is 203 g/mol. The van der Waals surface area contributed by atoms with Gasteiger partial charge in [0.2, 0.25) is 0 Å². The maximum absolute atomic E-state index is 13.1. The summed E-state index contributed by atoms with van der Waals surface area (Å²) in [5.41, 5.74) is 0. The van der Waals surface area contributed by atoms with Crippen molar-refractivity contribution in [2.24, 2.45) is 5.92 Å². The Balaban J connectivity index is 3.12. The summed E-state index contributed by atoms with van der Waals surface area (Å²) < 4.78 is 13.1. The Morgan fingerprint density at radius 2 is 1.56 bits per heavy atom. The van der Waals surface area contributed by atoms with Gasteiger partial charge in [0, 0.05) is 5.92 Å². The molecule has 0 aromatic rings. The molecule has 0 saturated carbocycles. The summed E-state index contributed by atoms with van der Waals surface area (Å²) >= 11 is 0. The summed E-state index contributed by atoms with van der Waals surface area (Å²) in [7, 11) is 0. The lowest BCUT2D eigenvalue weighted by atomic mass is 10.0. The fourth-order valence-electron chi connectivity index (χ4n) is 1.89. The van der Waals surface area contributed by atoms with E-state index in [1.807, 2.05) is 13.8 Å². The van der Waals surface area contributed by atoms with Crippen LogP contribution in [0.5, 0.6) is 0 Å². The zero-order valence-electron chi connectivity index (χ0n) is 10.9. The van der Waals surface area contributed by atoms with Crippen molar-refractivity contribution in [1.82, 2.24) is 0 Å². The molecule has 16 heavy (non-hydrogen) atoms. The average molecular weight is 230 g/mol. The molecule has 0 saturated heterocycles. The van der Waals surface area contributed by atoms with Gasteiger partial charge in [0.05, 0.1) is 0 Å². The first-order chi connectivity index (χ1) is 7.70. The van der Waals surface area contributed by atoms with Crippen molar-refractivity contribution >= 4 is 6.29 Å². The van der Waals surface area contributed by atoms with Gasteiger partial charge < -0.3 is 4.79 Å². The van der Waals surface area contributed by atoms with Crippen molar-refractivity contribution < 1.29 is 9.18 Å². The minimum Gasteiger partial charge on any atom is -0.303 e. The van der Waals surface area contributed by atoms with Crippen LogP contribution in [0.25, 0.3) is 0 Å². The molecule has 0 fully saturated rings. The van der Waals surface area contributed by atoms with Crippen molar-refractivity contribution in [3.05, 3.63) is 0 Å². The van der Waals surface area contributed by atoms with Crippen LogP contribution in [-0.2, 0) is 4.79 Å². The van der Waals surface area contributed by atoms with Crippen LogP contribution in [0.3, 0.4) is 0 Å². The largest absolute Gasteiger partial charge is 0.303 e. The Morgan fingerprint density at radius 3 is 2.12 bits per heavy atom. The lowest BCUT2D eigenvalue weighted by molar-refractivity contribution is -0.110. The third-order valence-electron chi connectivity index (χ3n) is 3.01. The van der Waals surface area contributed by atoms with Crippen LogP contribution >= 0.6 is 0 Å². The number of unbranched alkanes of at least 4 members (excludes halogenated alkanes) is 4. The highest BCUT2D eigenvalue weighted by molar-refractivity contribution is 5.52. The molecule has 0 radical (unpaired) electrons. The molecule has 0 N–H and O–H groups in total. The first-order valence-electron chi connectivity index (χ1n) is 6.80. The molecule has 0 aliphatic heterocycles. The van der Waals surface area contributed by atoms with E-state index >= 15 is 0 Å². The van der Waals surface area contributed by atoms with Crippen molar-refractivity contribution in [3.63, 3.8) is 0 Å². The van der Waals surface area contributed by atoms with Gasteiger partial charge in [0.25, 0.3) is 0 Å². The molecule has 0 heterocycles. The monoisotopic (exact) mass is 230 g/mol. The predicted molar refractivity (Wildman–Crippen MR) is 67.4 cm³/mol. The maximum Gasteiger partial charge on any atom is 0.122 e. The average Bonchev–Trinajstić information content (AvgIpc) is 2.27. The van der Waals surface area contributed by atoms with Gasteiger partial charge >= 0.3 is 0 Å². The quantitative estimate of drug-likeness (QED) is 0.372. The van der Waals surface area contributed by atoms with Gasteiger partial charge in [-0.05, 0) is 19.3 Å². The number of rotatable bonds is 11. The van der Waals surface area contributed by atoms with E-state index in [4.69, 9.17) is 0 Å². The topological polar surface area (TPSA) is 17.1 Å². The van der Waals surface area contributed by atoms with Crippen LogP contribution in [0.15, 0.2) is 0 Å². The van der Waals surface area contributed by atoms with Crippen LogP contribution < -0.4 is 0 Å². The second kappa shape index (κ2) is 11.1. The highest BCUT2D eigenvalue weighted by Gasteiger charge is 2.04. The lowest BCUT2D eigenvalue weighted by Crippen LogP contribution is -1.98. The first kappa shape index (κ1) is 15.6. The molecule has 2 atom stereocenters. The summed E-state index contributed by atoms with van der Waals surface area (Å²) in [5, 5.41) is 0. The number of alkyl halides is 1. The Bertz CT molecular complexity index is 159. The number of hydrogen-bond acceptors (Lipinski definition) is 1. The van der Waals surface area contributed by atoms with E-state index < -0.39 is 6.17 Å². The Hall–Kier alpha value is -0.400. The molecule has 0 aromatic heterocycles. The molecule has 0 rings (SSSR count). The van der Waals surface area contributed by atoms with Gasteiger partial charge in [-0.15, -0.1) is 0 Å². The molecule has 0 bridgehead atoms. The zero-order valence-corrected chi connectivity index (χ0v) is 10.9. The third-order valence-corrected chi connectivity index (χ3v) is 3.01. The fraction of sp³-hybridized carbons (Fsp3) is 0.929. The van der Waals surface area contributed by atoms with Crippen molar-refractivity contribution in [1.29, 1.82) is 0 Å². The predicted octanol–water partition coefficient (Wildman–Crippen LogP) is 4.69. The van der Waals surface area contributed by atoms with Gasteiger partial charge in [-0.1, -0.05) is 52.4 Å². The fourth-order valence-corrected chi connectivity index (χ4v) is 1.89. The van der Waals surface area contributed by atoms with E-state index in [1.54, 1.807) is 0 Å². The van der Waals surface area contributed by atoms with E-state index in [1.165, 1.54) is 12.8 Å². The minimum atomic E-state index is -0.583. The summed E-state index contributed by atoms with van der Waals surface area (Å²) in [6.45, 7) is 3.99. The number of aldehydes is 1. The van der Waals surface area contributed by atoms with Crippen LogP contribution in [-0.4, -0.2) is 12.5 Å². The first-order valence-corrected chi connectivity index (χ1v) is 6.80. The smallest absolute Gasteiger partial charge is 0.122 e. The molecular formula is C14H27FO. The van der Waals surface area contributed by atoms with Crippen LogP contribution in [0.2, 0.25) is 0 Å². The molecule has 0 aliphatic carbocycles. The lowest BCUT2D eigenvalue weighted by Gasteiger charge is -2.06. The van der Waals surface area contributed by atoms with Gasteiger partial charge in [-0.2, -0.15) is 0 Å². The molecule has 0 aromatic carbocycles. The second-order valence-corrected chi connectivity index (χ2v) is 4.84. The van der Waals surface area contributed by atoms with Gasteiger partial charge in [0.15, 0.2) is 0 Å². The van der Waals surface area contributed by atoms with Gasteiger partial charge in [0.1, 0.15) is 12.5 Å². The SMILES string of the molecule is CCCC(F)CCCCCCCC(C)C=O. The van der Waals surface area contributed by atoms with Crippen LogP contribution in [0, 0.1) is 5.92 Å². The second-order valence-electron chi connectivity index (χ2n) is 4.84. The Kier molecular flexibility index (Phi) is 10.8. The number of carbonyl (C=O) groups excluding carboxylic acids is 1. The number of halogens is 1. The normalized spacial score (nSPS) is 14.7.